The molecule has 3 heterocycles. The van der Waals surface area contributed by atoms with Crippen molar-refractivity contribution in [3.8, 4) is 17.1 Å². The third-order valence-electron chi connectivity index (χ3n) is 4.69. The number of H-pyrrole nitrogens is 1. The molecule has 0 radical (unpaired) electrons. The summed E-state index contributed by atoms with van der Waals surface area (Å²) in [5.74, 6) is 0.879. The van der Waals surface area contributed by atoms with E-state index in [1.807, 2.05) is 29.8 Å². The fourth-order valence-corrected chi connectivity index (χ4v) is 3.58. The van der Waals surface area contributed by atoms with Gasteiger partial charge in [0.15, 0.2) is 5.82 Å². The Morgan fingerprint density at radius 3 is 3.00 bits per heavy atom. The molecule has 1 aromatic carbocycles. The van der Waals surface area contributed by atoms with E-state index in [-0.39, 0.29) is 0 Å². The Hall–Kier alpha value is -2.95. The lowest BCUT2D eigenvalue weighted by atomic mass is 10.1. The summed E-state index contributed by atoms with van der Waals surface area (Å²) in [5.41, 5.74) is 7.91. The number of aromatic amines is 1. The molecular formula is C19H17N5. The van der Waals surface area contributed by atoms with Crippen molar-refractivity contribution in [2.45, 2.75) is 26.2 Å². The first-order valence-electron chi connectivity index (χ1n) is 8.28. The first-order valence-corrected chi connectivity index (χ1v) is 8.28. The van der Waals surface area contributed by atoms with Gasteiger partial charge < -0.3 is 4.98 Å². The average molecular weight is 315 g/mol. The smallest absolute Gasteiger partial charge is 0.154 e. The second-order valence-corrected chi connectivity index (χ2v) is 6.31. The molecule has 1 N–H and O–H groups in total. The van der Waals surface area contributed by atoms with E-state index in [0.29, 0.717) is 0 Å². The Kier molecular flexibility index (Phi) is 2.82. The average Bonchev–Trinajstić information content (AvgIpc) is 3.29. The predicted octanol–water partition coefficient (Wildman–Crippen LogP) is 3.61. The number of benzene rings is 1. The normalized spacial score (nSPS) is 13.5. The summed E-state index contributed by atoms with van der Waals surface area (Å²) in [7, 11) is 0. The van der Waals surface area contributed by atoms with Crippen LogP contribution in [0.25, 0.3) is 28.1 Å². The zero-order valence-corrected chi connectivity index (χ0v) is 13.5. The van der Waals surface area contributed by atoms with Crippen molar-refractivity contribution in [1.29, 1.82) is 0 Å². The Labute approximate surface area is 139 Å². The molecule has 5 nitrogen and oxygen atoms in total. The Balaban J connectivity index is 1.77. The maximum Gasteiger partial charge on any atom is 0.154 e. The second kappa shape index (κ2) is 5.03. The van der Waals surface area contributed by atoms with Crippen LogP contribution < -0.4 is 0 Å². The molecule has 24 heavy (non-hydrogen) atoms. The van der Waals surface area contributed by atoms with Gasteiger partial charge in [-0.25, -0.2) is 14.6 Å². The molecule has 1 aliphatic carbocycles. The van der Waals surface area contributed by atoms with E-state index >= 15 is 0 Å². The van der Waals surface area contributed by atoms with Crippen LogP contribution in [-0.2, 0) is 12.8 Å². The van der Waals surface area contributed by atoms with Crippen molar-refractivity contribution < 1.29 is 0 Å². The molecule has 4 aromatic rings. The van der Waals surface area contributed by atoms with Crippen molar-refractivity contribution in [2.75, 3.05) is 0 Å². The van der Waals surface area contributed by atoms with Crippen LogP contribution in [-0.4, -0.2) is 24.7 Å². The van der Waals surface area contributed by atoms with Crippen LogP contribution in [0.2, 0.25) is 0 Å². The molecule has 0 fully saturated rings. The van der Waals surface area contributed by atoms with Crippen LogP contribution >= 0.6 is 0 Å². The zero-order chi connectivity index (χ0) is 16.1. The van der Waals surface area contributed by atoms with E-state index in [1.165, 1.54) is 17.7 Å². The zero-order valence-electron chi connectivity index (χ0n) is 13.5. The highest BCUT2D eigenvalue weighted by atomic mass is 15.3. The number of nitrogens with zero attached hydrogens (tertiary/aromatic N) is 4. The van der Waals surface area contributed by atoms with Crippen molar-refractivity contribution in [2.24, 2.45) is 0 Å². The van der Waals surface area contributed by atoms with Gasteiger partial charge in [0.1, 0.15) is 0 Å². The molecule has 3 aromatic heterocycles. The van der Waals surface area contributed by atoms with Gasteiger partial charge in [-0.2, -0.15) is 5.10 Å². The highest BCUT2D eigenvalue weighted by Crippen LogP contribution is 2.34. The topological polar surface area (TPSA) is 59.4 Å². The van der Waals surface area contributed by atoms with E-state index < -0.39 is 0 Å². The SMILES string of the molecule is Cc1cccc(-n2nc3c(c2-c2ccc4nc[nH]c4c2)CCC3)n1. The van der Waals surface area contributed by atoms with E-state index in [4.69, 9.17) is 5.10 Å². The molecule has 1 aliphatic rings. The first kappa shape index (κ1) is 13.5. The quantitative estimate of drug-likeness (QED) is 0.615. The molecule has 0 saturated heterocycles. The maximum atomic E-state index is 4.87. The van der Waals surface area contributed by atoms with E-state index in [2.05, 4.69) is 33.2 Å². The summed E-state index contributed by atoms with van der Waals surface area (Å²) < 4.78 is 2.01. The summed E-state index contributed by atoms with van der Waals surface area (Å²) >= 11 is 0. The van der Waals surface area contributed by atoms with Gasteiger partial charge in [-0.05, 0) is 50.5 Å². The number of pyridine rings is 1. The summed E-state index contributed by atoms with van der Waals surface area (Å²) in [5, 5.41) is 4.87. The molecule has 0 bridgehead atoms. The minimum absolute atomic E-state index is 0.879. The first-order chi connectivity index (χ1) is 11.8. The molecule has 118 valence electrons. The molecule has 5 rings (SSSR count). The lowest BCUT2D eigenvalue weighted by molar-refractivity contribution is 0.787. The molecule has 0 saturated carbocycles. The minimum atomic E-state index is 0.879. The largest absolute Gasteiger partial charge is 0.345 e. The molecule has 0 amide bonds. The number of imidazole rings is 1. The molecule has 5 heteroatoms. The molecule has 0 aliphatic heterocycles. The van der Waals surface area contributed by atoms with Crippen molar-refractivity contribution in [3.63, 3.8) is 0 Å². The van der Waals surface area contributed by atoms with E-state index in [0.717, 1.165) is 46.6 Å². The van der Waals surface area contributed by atoms with Crippen LogP contribution in [0.1, 0.15) is 23.4 Å². The summed E-state index contributed by atoms with van der Waals surface area (Å²) in [6.07, 6.45) is 5.04. The number of aromatic nitrogens is 5. The van der Waals surface area contributed by atoms with Crippen molar-refractivity contribution in [3.05, 3.63) is 59.7 Å². The van der Waals surface area contributed by atoms with Crippen LogP contribution in [0.15, 0.2) is 42.7 Å². The van der Waals surface area contributed by atoms with Crippen LogP contribution in [0.3, 0.4) is 0 Å². The third-order valence-corrected chi connectivity index (χ3v) is 4.69. The Bertz CT molecular complexity index is 1060. The number of fused-ring (bicyclic) bond motifs is 2. The lowest BCUT2D eigenvalue weighted by Gasteiger charge is -2.10. The monoisotopic (exact) mass is 315 g/mol. The van der Waals surface area contributed by atoms with E-state index in [9.17, 15) is 0 Å². The minimum Gasteiger partial charge on any atom is -0.345 e. The summed E-state index contributed by atoms with van der Waals surface area (Å²) in [4.78, 5) is 12.2. The molecule has 0 unspecified atom stereocenters. The van der Waals surface area contributed by atoms with Crippen LogP contribution in [0, 0.1) is 6.92 Å². The van der Waals surface area contributed by atoms with Crippen molar-refractivity contribution in [1.82, 2.24) is 24.7 Å². The molecule has 0 atom stereocenters. The van der Waals surface area contributed by atoms with Crippen LogP contribution in [0.4, 0.5) is 0 Å². The summed E-state index contributed by atoms with van der Waals surface area (Å²) in [6.45, 7) is 2.01. The fraction of sp³-hybridized carbons (Fsp3) is 0.211. The van der Waals surface area contributed by atoms with Crippen LogP contribution in [0.5, 0.6) is 0 Å². The van der Waals surface area contributed by atoms with Gasteiger partial charge in [-0.3, -0.25) is 0 Å². The fourth-order valence-electron chi connectivity index (χ4n) is 3.58. The van der Waals surface area contributed by atoms with Gasteiger partial charge in [-0.15, -0.1) is 0 Å². The van der Waals surface area contributed by atoms with Crippen molar-refractivity contribution >= 4 is 11.0 Å². The number of rotatable bonds is 2. The van der Waals surface area contributed by atoms with Gasteiger partial charge in [-0.1, -0.05) is 12.1 Å². The van der Waals surface area contributed by atoms with Gasteiger partial charge >= 0.3 is 0 Å². The third kappa shape index (κ3) is 1.98. The summed E-state index contributed by atoms with van der Waals surface area (Å²) in [6, 6.07) is 12.4. The number of nitrogens with one attached hydrogen (secondary N) is 1. The Morgan fingerprint density at radius 2 is 2.08 bits per heavy atom. The lowest BCUT2D eigenvalue weighted by Crippen LogP contribution is -2.04. The molecular weight excluding hydrogens is 298 g/mol. The highest BCUT2D eigenvalue weighted by Gasteiger charge is 2.24. The highest BCUT2D eigenvalue weighted by molar-refractivity contribution is 5.82. The number of aryl methyl sites for hydroxylation is 2. The van der Waals surface area contributed by atoms with Gasteiger partial charge in [0.25, 0.3) is 0 Å². The standard InChI is InChI=1S/C19H17N5/c1-12-4-2-7-18(22-12)24-19(14-5-3-6-15(14)23-24)13-8-9-16-17(10-13)21-11-20-16/h2,4,7-11H,3,5-6H2,1H3,(H,20,21). The maximum absolute atomic E-state index is 4.87. The second-order valence-electron chi connectivity index (χ2n) is 6.31. The Morgan fingerprint density at radius 1 is 1.12 bits per heavy atom. The van der Waals surface area contributed by atoms with Gasteiger partial charge in [0.2, 0.25) is 0 Å². The molecule has 0 spiro atoms. The van der Waals surface area contributed by atoms with Gasteiger partial charge in [0.05, 0.1) is 28.7 Å². The predicted molar refractivity (Wildman–Crippen MR) is 93.2 cm³/mol. The number of hydrogen-bond donors (Lipinski definition) is 1. The number of hydrogen-bond acceptors (Lipinski definition) is 3. The van der Waals surface area contributed by atoms with E-state index in [1.54, 1.807) is 6.33 Å². The van der Waals surface area contributed by atoms with Gasteiger partial charge in [0, 0.05) is 16.8 Å².